The van der Waals surface area contributed by atoms with Crippen LogP contribution in [0.2, 0.25) is 0 Å². The van der Waals surface area contributed by atoms with Gasteiger partial charge < -0.3 is 15.4 Å². The van der Waals surface area contributed by atoms with Crippen molar-refractivity contribution in [3.8, 4) is 0 Å². The molecule has 1 rings (SSSR count). The Kier molecular flexibility index (Phi) is 4.66. The Hall–Kier alpha value is -1.88. The molecule has 0 aliphatic rings. The van der Waals surface area contributed by atoms with Crippen LogP contribution in [0.5, 0.6) is 0 Å². The lowest BCUT2D eigenvalue weighted by molar-refractivity contribution is -0.117. The zero-order chi connectivity index (χ0) is 12.8. The van der Waals surface area contributed by atoms with E-state index in [1.165, 1.54) is 7.11 Å². The molecule has 0 bridgehead atoms. The van der Waals surface area contributed by atoms with Gasteiger partial charge in [-0.05, 0) is 26.1 Å². The number of hydrogen-bond acceptors (Lipinski definition) is 4. The molecule has 0 heterocycles. The van der Waals surface area contributed by atoms with E-state index in [1.807, 2.05) is 0 Å². The molecule has 5 heteroatoms. The van der Waals surface area contributed by atoms with E-state index in [0.717, 1.165) is 0 Å². The van der Waals surface area contributed by atoms with Gasteiger partial charge in [0, 0.05) is 0 Å². The van der Waals surface area contributed by atoms with Crippen molar-refractivity contribution in [1.29, 1.82) is 0 Å². The molecule has 1 unspecified atom stereocenters. The molecular weight excluding hydrogens is 220 g/mol. The highest BCUT2D eigenvalue weighted by Gasteiger charge is 2.15. The third kappa shape index (κ3) is 3.29. The lowest BCUT2D eigenvalue weighted by atomic mass is 10.1. The average molecular weight is 236 g/mol. The number of benzene rings is 1. The van der Waals surface area contributed by atoms with Gasteiger partial charge in [-0.3, -0.25) is 4.79 Å². The minimum absolute atomic E-state index is 0.205. The summed E-state index contributed by atoms with van der Waals surface area (Å²) in [6, 6.07) is 6.38. The Morgan fingerprint density at radius 1 is 1.29 bits per heavy atom. The van der Waals surface area contributed by atoms with Gasteiger partial charge in [-0.15, -0.1) is 0 Å². The molecule has 2 N–H and O–H groups in total. The third-order valence-electron chi connectivity index (χ3n) is 2.42. The second-order valence-electron chi connectivity index (χ2n) is 3.54. The van der Waals surface area contributed by atoms with Crippen molar-refractivity contribution in [3.05, 3.63) is 29.8 Å². The summed E-state index contributed by atoms with van der Waals surface area (Å²) in [5, 5.41) is 5.49. The van der Waals surface area contributed by atoms with E-state index in [1.54, 1.807) is 38.2 Å². The van der Waals surface area contributed by atoms with E-state index >= 15 is 0 Å². The molecule has 0 aromatic heterocycles. The second kappa shape index (κ2) is 6.00. The molecule has 92 valence electrons. The van der Waals surface area contributed by atoms with Crippen LogP contribution in [0.4, 0.5) is 5.69 Å². The summed E-state index contributed by atoms with van der Waals surface area (Å²) >= 11 is 0. The van der Waals surface area contributed by atoms with Crippen LogP contribution in [0, 0.1) is 0 Å². The Bertz CT molecular complexity index is 418. The Morgan fingerprint density at radius 3 is 2.53 bits per heavy atom. The van der Waals surface area contributed by atoms with Crippen LogP contribution in [0.25, 0.3) is 0 Å². The van der Waals surface area contributed by atoms with Crippen LogP contribution in [-0.4, -0.2) is 32.1 Å². The molecule has 0 fully saturated rings. The van der Waals surface area contributed by atoms with Gasteiger partial charge in [0.25, 0.3) is 0 Å². The molecular formula is C12H16N2O3. The van der Waals surface area contributed by atoms with Crippen LogP contribution in [0.3, 0.4) is 0 Å². The van der Waals surface area contributed by atoms with Crippen molar-refractivity contribution >= 4 is 17.6 Å². The number of nitrogens with one attached hydrogen (secondary N) is 2. The first kappa shape index (κ1) is 13.2. The van der Waals surface area contributed by atoms with E-state index < -0.39 is 5.97 Å². The number of likely N-dealkylation sites (N-methyl/N-ethyl adjacent to an activating group) is 1. The zero-order valence-electron chi connectivity index (χ0n) is 10.1. The third-order valence-corrected chi connectivity index (χ3v) is 2.42. The van der Waals surface area contributed by atoms with Gasteiger partial charge in [-0.25, -0.2) is 4.79 Å². The second-order valence-corrected chi connectivity index (χ2v) is 3.54. The highest BCUT2D eigenvalue weighted by molar-refractivity contribution is 6.02. The van der Waals surface area contributed by atoms with Gasteiger partial charge in [0.1, 0.15) is 0 Å². The first-order valence-corrected chi connectivity index (χ1v) is 5.25. The molecule has 1 amide bonds. The number of amides is 1. The number of carbonyl (C=O) groups excluding carboxylic acids is 2. The first-order valence-electron chi connectivity index (χ1n) is 5.25. The maximum Gasteiger partial charge on any atom is 0.339 e. The van der Waals surface area contributed by atoms with Crippen molar-refractivity contribution in [1.82, 2.24) is 5.32 Å². The van der Waals surface area contributed by atoms with E-state index in [0.29, 0.717) is 11.3 Å². The molecule has 0 radical (unpaired) electrons. The molecule has 5 nitrogen and oxygen atoms in total. The fourth-order valence-electron chi connectivity index (χ4n) is 1.25. The fraction of sp³-hybridized carbons (Fsp3) is 0.333. The molecule has 0 spiro atoms. The topological polar surface area (TPSA) is 67.4 Å². The highest BCUT2D eigenvalue weighted by Crippen LogP contribution is 2.16. The monoisotopic (exact) mass is 236 g/mol. The molecule has 0 saturated heterocycles. The van der Waals surface area contributed by atoms with Crippen molar-refractivity contribution in [2.45, 2.75) is 13.0 Å². The zero-order valence-corrected chi connectivity index (χ0v) is 10.1. The SMILES string of the molecule is CNC(C)C(=O)Nc1ccccc1C(=O)OC. The summed E-state index contributed by atoms with van der Waals surface area (Å²) in [5.41, 5.74) is 0.790. The largest absolute Gasteiger partial charge is 0.465 e. The summed E-state index contributed by atoms with van der Waals surface area (Å²) in [6.45, 7) is 1.73. The minimum Gasteiger partial charge on any atom is -0.465 e. The van der Waals surface area contributed by atoms with Crippen LogP contribution >= 0.6 is 0 Å². The number of anilines is 1. The minimum atomic E-state index is -0.474. The molecule has 1 atom stereocenters. The highest BCUT2D eigenvalue weighted by atomic mass is 16.5. The van der Waals surface area contributed by atoms with Gasteiger partial charge in [0.2, 0.25) is 5.91 Å². The molecule has 17 heavy (non-hydrogen) atoms. The van der Waals surface area contributed by atoms with Crippen molar-refractivity contribution in [2.24, 2.45) is 0 Å². The average Bonchev–Trinajstić information content (AvgIpc) is 2.37. The normalized spacial score (nSPS) is 11.7. The number of ether oxygens (including phenoxy) is 1. The summed E-state index contributed by atoms with van der Waals surface area (Å²) in [6.07, 6.45) is 0. The Balaban J connectivity index is 2.91. The predicted molar refractivity (Wildman–Crippen MR) is 64.9 cm³/mol. The fourth-order valence-corrected chi connectivity index (χ4v) is 1.25. The van der Waals surface area contributed by atoms with Crippen molar-refractivity contribution in [3.63, 3.8) is 0 Å². The molecule has 1 aromatic carbocycles. The molecule has 0 saturated carbocycles. The van der Waals surface area contributed by atoms with Crippen LogP contribution in [0.15, 0.2) is 24.3 Å². The molecule has 0 aliphatic heterocycles. The van der Waals surface area contributed by atoms with Crippen LogP contribution < -0.4 is 10.6 Å². The molecule has 1 aromatic rings. The van der Waals surface area contributed by atoms with Gasteiger partial charge in [-0.1, -0.05) is 12.1 Å². The Labute approximate surface area is 100 Å². The summed E-state index contributed by atoms with van der Waals surface area (Å²) in [5.74, 6) is -0.679. The smallest absolute Gasteiger partial charge is 0.339 e. The molecule has 0 aliphatic carbocycles. The number of hydrogen-bond donors (Lipinski definition) is 2. The van der Waals surface area contributed by atoms with Gasteiger partial charge in [0.15, 0.2) is 0 Å². The summed E-state index contributed by atoms with van der Waals surface area (Å²) < 4.78 is 4.64. The van der Waals surface area contributed by atoms with Crippen molar-refractivity contribution < 1.29 is 14.3 Å². The van der Waals surface area contributed by atoms with Crippen LogP contribution in [-0.2, 0) is 9.53 Å². The standard InChI is InChI=1S/C12H16N2O3/c1-8(13-2)11(15)14-10-7-5-4-6-9(10)12(16)17-3/h4-8,13H,1-3H3,(H,14,15). The number of carbonyl (C=O) groups is 2. The number of methoxy groups -OCH3 is 1. The number of para-hydroxylation sites is 1. The van der Waals surface area contributed by atoms with E-state index in [2.05, 4.69) is 15.4 Å². The Morgan fingerprint density at radius 2 is 1.94 bits per heavy atom. The first-order chi connectivity index (χ1) is 8.10. The van der Waals surface area contributed by atoms with E-state index in [4.69, 9.17) is 0 Å². The van der Waals surface area contributed by atoms with E-state index in [-0.39, 0.29) is 11.9 Å². The maximum atomic E-state index is 11.7. The summed E-state index contributed by atoms with van der Waals surface area (Å²) in [4.78, 5) is 23.1. The number of esters is 1. The predicted octanol–water partition coefficient (Wildman–Crippen LogP) is 1.02. The van der Waals surface area contributed by atoms with Gasteiger partial charge >= 0.3 is 5.97 Å². The summed E-state index contributed by atoms with van der Waals surface area (Å²) in [7, 11) is 2.99. The lowest BCUT2D eigenvalue weighted by Gasteiger charge is -2.13. The van der Waals surface area contributed by atoms with Gasteiger partial charge in [0.05, 0.1) is 24.4 Å². The van der Waals surface area contributed by atoms with Crippen LogP contribution in [0.1, 0.15) is 17.3 Å². The van der Waals surface area contributed by atoms with E-state index in [9.17, 15) is 9.59 Å². The lowest BCUT2D eigenvalue weighted by Crippen LogP contribution is -2.35. The quantitative estimate of drug-likeness (QED) is 0.766. The number of rotatable bonds is 4. The van der Waals surface area contributed by atoms with Gasteiger partial charge in [-0.2, -0.15) is 0 Å². The van der Waals surface area contributed by atoms with Crippen molar-refractivity contribution in [2.75, 3.05) is 19.5 Å². The maximum absolute atomic E-state index is 11.7.